The zero-order valence-electron chi connectivity index (χ0n) is 33.6. The predicted octanol–water partition coefficient (Wildman–Crippen LogP) is 14.5. The van der Waals surface area contributed by atoms with E-state index in [-0.39, 0.29) is 0 Å². The number of hydrogen-bond acceptors (Lipinski definition) is 4. The summed E-state index contributed by atoms with van der Waals surface area (Å²) in [6.45, 7) is 11.6. The van der Waals surface area contributed by atoms with Gasteiger partial charge in [-0.2, -0.15) is 0 Å². The number of aromatic nitrogens is 1. The van der Waals surface area contributed by atoms with Crippen molar-refractivity contribution in [3.63, 3.8) is 0 Å². The smallest absolute Gasteiger partial charge is 0.161 e. The highest BCUT2D eigenvalue weighted by Gasteiger charge is 2.20. The molecule has 0 aliphatic rings. The lowest BCUT2D eigenvalue weighted by atomic mass is 9.93. The van der Waals surface area contributed by atoms with Crippen LogP contribution in [0.15, 0.2) is 91.0 Å². The molecule has 0 atom stereocenters. The predicted molar refractivity (Wildman–Crippen MR) is 233 cm³/mol. The molecule has 0 unspecified atom stereocenters. The molecule has 0 N–H and O–H groups in total. The summed E-state index contributed by atoms with van der Waals surface area (Å²) in [6, 6.07) is 33.3. The van der Waals surface area contributed by atoms with E-state index in [1.807, 2.05) is 0 Å². The number of para-hydroxylation sites is 2. The van der Waals surface area contributed by atoms with E-state index < -0.39 is 0 Å². The maximum Gasteiger partial charge on any atom is 0.161 e. The van der Waals surface area contributed by atoms with Gasteiger partial charge in [0.05, 0.1) is 37.5 Å². The van der Waals surface area contributed by atoms with Crippen LogP contribution in [-0.4, -0.2) is 31.0 Å². The molecule has 288 valence electrons. The lowest BCUT2D eigenvalue weighted by Crippen LogP contribution is -2.04. The summed E-state index contributed by atoms with van der Waals surface area (Å²) in [5, 5.41) is 9.42. The molecule has 55 heavy (non-hydrogen) atoms. The number of hydrogen-bond donors (Lipinski definition) is 0. The number of unbranched alkanes of at least 4 members (excludes halogenated alkanes) is 8. The fraction of sp³-hybridized carbons (Fsp3) is 0.400. The molecule has 0 amide bonds. The molecule has 0 saturated heterocycles. The molecule has 1 aromatic heterocycles. The van der Waals surface area contributed by atoms with E-state index in [0.29, 0.717) is 26.4 Å². The third kappa shape index (κ3) is 8.37. The van der Waals surface area contributed by atoms with Crippen molar-refractivity contribution >= 4 is 54.1 Å². The van der Waals surface area contributed by atoms with Crippen molar-refractivity contribution in [3.05, 3.63) is 91.0 Å². The molecule has 6 aromatic carbocycles. The van der Waals surface area contributed by atoms with Crippen molar-refractivity contribution < 1.29 is 18.9 Å². The molecule has 0 fully saturated rings. The fourth-order valence-electron chi connectivity index (χ4n) is 7.93. The van der Waals surface area contributed by atoms with Gasteiger partial charge in [0.1, 0.15) is 0 Å². The van der Waals surface area contributed by atoms with E-state index in [9.17, 15) is 0 Å². The summed E-state index contributed by atoms with van der Waals surface area (Å²) >= 11 is 0. The summed E-state index contributed by atoms with van der Waals surface area (Å²) in [5.74, 6) is 3.26. The van der Waals surface area contributed by atoms with Gasteiger partial charge in [0, 0.05) is 16.5 Å². The van der Waals surface area contributed by atoms with Crippen LogP contribution in [0.3, 0.4) is 0 Å². The van der Waals surface area contributed by atoms with Crippen molar-refractivity contribution in [3.8, 4) is 28.7 Å². The number of ether oxygens (including phenoxy) is 4. The first kappa shape index (κ1) is 38.4. The second-order valence-electron chi connectivity index (χ2n) is 15.0. The Morgan fingerprint density at radius 3 is 1.07 bits per heavy atom. The largest absolute Gasteiger partial charge is 0.490 e. The van der Waals surface area contributed by atoms with Crippen molar-refractivity contribution in [2.75, 3.05) is 26.4 Å². The first-order valence-corrected chi connectivity index (χ1v) is 21.2. The molecular weight excluding hydrogens is 679 g/mol. The van der Waals surface area contributed by atoms with Gasteiger partial charge in [-0.05, 0) is 107 Å². The third-order valence-corrected chi connectivity index (χ3v) is 10.9. The number of fused-ring (bicyclic) bond motifs is 9. The molecule has 0 aliphatic heterocycles. The zero-order valence-corrected chi connectivity index (χ0v) is 33.6. The van der Waals surface area contributed by atoms with Gasteiger partial charge in [0.15, 0.2) is 23.0 Å². The molecule has 5 nitrogen and oxygen atoms in total. The summed E-state index contributed by atoms with van der Waals surface area (Å²) in [4.78, 5) is 0. The summed E-state index contributed by atoms with van der Waals surface area (Å²) in [5.41, 5.74) is 3.52. The van der Waals surface area contributed by atoms with Crippen LogP contribution >= 0.6 is 0 Å². The van der Waals surface area contributed by atoms with Crippen LogP contribution in [0.25, 0.3) is 59.8 Å². The van der Waals surface area contributed by atoms with Crippen molar-refractivity contribution in [2.24, 2.45) is 0 Å². The molecule has 1 heterocycles. The summed E-state index contributed by atoms with van der Waals surface area (Å²) in [6.07, 6.45) is 13.2. The molecule has 0 bridgehead atoms. The number of rotatable bonds is 21. The minimum atomic E-state index is 0.662. The average molecular weight is 738 g/mol. The first-order chi connectivity index (χ1) is 27.2. The van der Waals surface area contributed by atoms with Crippen molar-refractivity contribution in [1.29, 1.82) is 0 Å². The zero-order chi connectivity index (χ0) is 38.0. The Hall–Kier alpha value is -4.90. The Bertz CT molecular complexity index is 2300. The Labute approximate surface area is 327 Å². The molecule has 0 aliphatic carbocycles. The quantitative estimate of drug-likeness (QED) is 0.0544. The van der Waals surface area contributed by atoms with Gasteiger partial charge in [-0.1, -0.05) is 122 Å². The van der Waals surface area contributed by atoms with Crippen LogP contribution in [0.5, 0.6) is 23.0 Å². The summed E-state index contributed by atoms with van der Waals surface area (Å²) < 4.78 is 28.7. The number of nitrogens with zero attached hydrogens (tertiary/aromatic N) is 1. The van der Waals surface area contributed by atoms with Gasteiger partial charge in [-0.3, -0.25) is 0 Å². The van der Waals surface area contributed by atoms with Gasteiger partial charge >= 0.3 is 0 Å². The second-order valence-corrected chi connectivity index (χ2v) is 15.0. The van der Waals surface area contributed by atoms with E-state index in [1.165, 1.54) is 32.6 Å². The topological polar surface area (TPSA) is 41.9 Å². The molecule has 0 spiro atoms. The Morgan fingerprint density at radius 1 is 0.345 bits per heavy atom. The van der Waals surface area contributed by atoms with E-state index in [4.69, 9.17) is 18.9 Å². The van der Waals surface area contributed by atoms with Crippen LogP contribution in [0.4, 0.5) is 0 Å². The van der Waals surface area contributed by atoms with E-state index >= 15 is 0 Å². The van der Waals surface area contributed by atoms with Crippen LogP contribution in [0.2, 0.25) is 0 Å². The van der Waals surface area contributed by atoms with Crippen molar-refractivity contribution in [1.82, 2.24) is 4.57 Å². The van der Waals surface area contributed by atoms with Crippen LogP contribution in [-0.2, 0) is 0 Å². The minimum Gasteiger partial charge on any atom is -0.490 e. The highest BCUT2D eigenvalue weighted by atomic mass is 16.5. The van der Waals surface area contributed by atoms with Crippen LogP contribution in [0, 0.1) is 0 Å². The molecule has 0 saturated carbocycles. The molecule has 5 heteroatoms. The normalized spacial score (nSPS) is 11.7. The fourth-order valence-corrected chi connectivity index (χ4v) is 7.93. The Balaban J connectivity index is 1.48. The third-order valence-electron chi connectivity index (χ3n) is 10.9. The van der Waals surface area contributed by atoms with Crippen LogP contribution in [0.1, 0.15) is 105 Å². The average Bonchev–Trinajstić information content (AvgIpc) is 3.56. The lowest BCUT2D eigenvalue weighted by molar-refractivity contribution is 0.260. The SMILES string of the molecule is CCCCCOc1cc2c3ccc(-n4c5ccccc5c5ccccc54)cc3c3cc(OCCCCC)c(OCCCCC)cc3c2cc1OCCCCC. The van der Waals surface area contributed by atoms with Gasteiger partial charge in [0.2, 0.25) is 0 Å². The van der Waals surface area contributed by atoms with Gasteiger partial charge in [-0.25, -0.2) is 0 Å². The maximum absolute atomic E-state index is 6.59. The van der Waals surface area contributed by atoms with Gasteiger partial charge < -0.3 is 23.5 Å². The van der Waals surface area contributed by atoms with E-state index in [2.05, 4.69) is 123 Å². The number of benzene rings is 6. The van der Waals surface area contributed by atoms with Gasteiger partial charge in [-0.15, -0.1) is 0 Å². The second kappa shape index (κ2) is 18.6. The molecule has 0 radical (unpaired) electrons. The minimum absolute atomic E-state index is 0.662. The summed E-state index contributed by atoms with van der Waals surface area (Å²) in [7, 11) is 0. The van der Waals surface area contributed by atoms with Crippen LogP contribution < -0.4 is 18.9 Å². The molecule has 7 aromatic rings. The van der Waals surface area contributed by atoms with E-state index in [1.54, 1.807) is 0 Å². The molecular formula is C50H59NO4. The van der Waals surface area contributed by atoms with Crippen molar-refractivity contribution in [2.45, 2.75) is 105 Å². The Morgan fingerprint density at radius 2 is 0.691 bits per heavy atom. The lowest BCUT2D eigenvalue weighted by Gasteiger charge is -2.20. The highest BCUT2D eigenvalue weighted by Crippen LogP contribution is 2.46. The standard InChI is InChI=1S/C50H59NO4/c1-5-9-17-27-52-47-32-41-37-26-25-36(51-45-23-15-13-21-38(45)39-22-14-16-24-46(39)51)31-40(37)42-33-48(53-28-18-10-6-2)50(55-30-20-12-8-4)35-44(42)43(41)34-49(47)54-29-19-11-7-3/h13-16,21-26,31-35H,5-12,17-20,27-30H2,1-4H3. The molecule has 7 rings (SSSR count). The Kier molecular flexibility index (Phi) is 13.0. The van der Waals surface area contributed by atoms with E-state index in [0.717, 1.165) is 127 Å². The first-order valence-electron chi connectivity index (χ1n) is 21.2. The van der Waals surface area contributed by atoms with Gasteiger partial charge in [0.25, 0.3) is 0 Å². The monoisotopic (exact) mass is 737 g/mol. The maximum atomic E-state index is 6.59. The highest BCUT2D eigenvalue weighted by molar-refractivity contribution is 6.26.